The minimum atomic E-state index is -0.430. The predicted octanol–water partition coefficient (Wildman–Crippen LogP) is 4.17. The van der Waals surface area contributed by atoms with Gasteiger partial charge in [0.25, 0.3) is 5.69 Å². The fraction of sp³-hybridized carbons (Fsp3) is 0.0714. The Morgan fingerprint density at radius 2 is 2.05 bits per heavy atom. The summed E-state index contributed by atoms with van der Waals surface area (Å²) < 4.78 is 0. The van der Waals surface area contributed by atoms with Gasteiger partial charge in [0.1, 0.15) is 0 Å². The van der Waals surface area contributed by atoms with Crippen molar-refractivity contribution >= 4 is 28.7 Å². The van der Waals surface area contributed by atoms with Gasteiger partial charge >= 0.3 is 0 Å². The van der Waals surface area contributed by atoms with Crippen LogP contribution in [-0.2, 0) is 0 Å². The molecular formula is C14H10ClN3O2. The predicted molar refractivity (Wildman–Crippen MR) is 77.3 cm³/mol. The van der Waals surface area contributed by atoms with E-state index in [0.717, 1.165) is 0 Å². The van der Waals surface area contributed by atoms with Crippen LogP contribution in [0.2, 0.25) is 5.02 Å². The molecule has 0 radical (unpaired) electrons. The van der Waals surface area contributed by atoms with Crippen LogP contribution in [0.5, 0.6) is 0 Å². The Kier molecular flexibility index (Phi) is 3.87. The second-order valence-corrected chi connectivity index (χ2v) is 4.60. The van der Waals surface area contributed by atoms with Gasteiger partial charge in [-0.2, -0.15) is 5.26 Å². The maximum absolute atomic E-state index is 10.9. The van der Waals surface area contributed by atoms with Crippen LogP contribution in [0.1, 0.15) is 11.1 Å². The Morgan fingerprint density at radius 3 is 2.65 bits per heavy atom. The second-order valence-electron chi connectivity index (χ2n) is 4.19. The SMILES string of the molecule is Cc1ccc(Nc2ccc(C#N)cc2Cl)cc1[N+](=O)[O-]. The Morgan fingerprint density at radius 1 is 1.30 bits per heavy atom. The van der Waals surface area contributed by atoms with Gasteiger partial charge in [-0.25, -0.2) is 0 Å². The van der Waals surface area contributed by atoms with E-state index in [1.165, 1.54) is 12.1 Å². The lowest BCUT2D eigenvalue weighted by molar-refractivity contribution is -0.385. The first kappa shape index (κ1) is 13.8. The number of nitrogens with zero attached hydrogens (tertiary/aromatic N) is 2. The van der Waals surface area contributed by atoms with Crippen LogP contribution in [0.3, 0.4) is 0 Å². The zero-order valence-electron chi connectivity index (χ0n) is 10.6. The van der Waals surface area contributed by atoms with Crippen LogP contribution >= 0.6 is 11.6 Å². The molecule has 0 fully saturated rings. The lowest BCUT2D eigenvalue weighted by Crippen LogP contribution is -1.96. The summed E-state index contributed by atoms with van der Waals surface area (Å²) >= 11 is 6.04. The number of nitro groups is 1. The number of benzene rings is 2. The Bertz CT molecular complexity index is 723. The third kappa shape index (κ3) is 2.87. The number of nitriles is 1. The number of halogens is 1. The quantitative estimate of drug-likeness (QED) is 0.678. The summed E-state index contributed by atoms with van der Waals surface area (Å²) in [5, 5.41) is 23.0. The second kappa shape index (κ2) is 5.59. The van der Waals surface area contributed by atoms with E-state index in [9.17, 15) is 10.1 Å². The average molecular weight is 288 g/mol. The van der Waals surface area contributed by atoms with Gasteiger partial charge in [-0.1, -0.05) is 17.7 Å². The van der Waals surface area contributed by atoms with Gasteiger partial charge in [0.2, 0.25) is 0 Å². The molecule has 0 unspecified atom stereocenters. The molecule has 20 heavy (non-hydrogen) atoms. The first-order valence-electron chi connectivity index (χ1n) is 5.73. The third-order valence-corrected chi connectivity index (χ3v) is 3.10. The highest BCUT2D eigenvalue weighted by Gasteiger charge is 2.11. The summed E-state index contributed by atoms with van der Waals surface area (Å²) in [6, 6.07) is 11.7. The minimum absolute atomic E-state index is 0.0415. The normalized spacial score (nSPS) is 9.85. The number of nitrogens with one attached hydrogen (secondary N) is 1. The summed E-state index contributed by atoms with van der Waals surface area (Å²) in [4.78, 5) is 10.5. The highest BCUT2D eigenvalue weighted by Crippen LogP contribution is 2.29. The standard InChI is InChI=1S/C14H10ClN3O2/c1-9-2-4-11(7-14(9)18(19)20)17-13-5-3-10(8-16)6-12(13)15/h2-7,17H,1H3. The van der Waals surface area contributed by atoms with Crippen LogP contribution < -0.4 is 5.32 Å². The van der Waals surface area contributed by atoms with E-state index in [1.54, 1.807) is 31.2 Å². The van der Waals surface area contributed by atoms with Crippen molar-refractivity contribution in [3.05, 3.63) is 62.7 Å². The van der Waals surface area contributed by atoms with Crippen LogP contribution in [-0.4, -0.2) is 4.92 Å². The van der Waals surface area contributed by atoms with Crippen LogP contribution in [0.4, 0.5) is 17.1 Å². The molecule has 0 atom stereocenters. The third-order valence-electron chi connectivity index (χ3n) is 2.78. The maximum Gasteiger partial charge on any atom is 0.274 e. The Hall–Kier alpha value is -2.58. The van der Waals surface area contributed by atoms with Crippen molar-refractivity contribution in [2.45, 2.75) is 6.92 Å². The van der Waals surface area contributed by atoms with Crippen molar-refractivity contribution < 1.29 is 4.92 Å². The number of anilines is 2. The van der Waals surface area contributed by atoms with Crippen molar-refractivity contribution in [2.75, 3.05) is 5.32 Å². The smallest absolute Gasteiger partial charge is 0.274 e. The summed E-state index contributed by atoms with van der Waals surface area (Å²) in [5.41, 5.74) is 2.24. The maximum atomic E-state index is 10.9. The molecule has 0 heterocycles. The molecule has 0 spiro atoms. The average Bonchev–Trinajstić information content (AvgIpc) is 2.42. The van der Waals surface area contributed by atoms with E-state index in [0.29, 0.717) is 27.5 Å². The number of rotatable bonds is 3. The molecule has 2 aromatic carbocycles. The fourth-order valence-corrected chi connectivity index (χ4v) is 1.95. The summed E-state index contributed by atoms with van der Waals surface area (Å²) in [6.07, 6.45) is 0. The highest BCUT2D eigenvalue weighted by atomic mass is 35.5. The molecule has 0 bridgehead atoms. The molecule has 0 saturated heterocycles. The van der Waals surface area contributed by atoms with E-state index >= 15 is 0 Å². The van der Waals surface area contributed by atoms with Gasteiger partial charge in [0.05, 0.1) is 27.3 Å². The molecule has 2 aromatic rings. The first-order valence-corrected chi connectivity index (χ1v) is 6.11. The van der Waals surface area contributed by atoms with Crippen LogP contribution in [0.15, 0.2) is 36.4 Å². The monoisotopic (exact) mass is 287 g/mol. The van der Waals surface area contributed by atoms with E-state index in [-0.39, 0.29) is 5.69 Å². The lowest BCUT2D eigenvalue weighted by Gasteiger charge is -2.09. The summed E-state index contributed by atoms with van der Waals surface area (Å²) in [5.74, 6) is 0. The first-order chi connectivity index (χ1) is 9.51. The van der Waals surface area contributed by atoms with Gasteiger partial charge in [-0.05, 0) is 31.2 Å². The van der Waals surface area contributed by atoms with Gasteiger partial charge in [0.15, 0.2) is 0 Å². The molecule has 1 N–H and O–H groups in total. The topological polar surface area (TPSA) is 79.0 Å². The summed E-state index contributed by atoms with van der Waals surface area (Å²) in [6.45, 7) is 1.68. The Labute approximate surface area is 120 Å². The van der Waals surface area contributed by atoms with Gasteiger partial charge in [-0.3, -0.25) is 10.1 Å². The molecule has 5 nitrogen and oxygen atoms in total. The Balaban J connectivity index is 2.33. The van der Waals surface area contributed by atoms with Gasteiger partial charge in [-0.15, -0.1) is 0 Å². The van der Waals surface area contributed by atoms with Crippen molar-refractivity contribution in [3.63, 3.8) is 0 Å². The molecule has 0 aliphatic carbocycles. The molecule has 0 aromatic heterocycles. The molecule has 0 amide bonds. The van der Waals surface area contributed by atoms with Crippen LogP contribution in [0.25, 0.3) is 0 Å². The number of aryl methyl sites for hydroxylation is 1. The van der Waals surface area contributed by atoms with E-state index < -0.39 is 4.92 Å². The molecule has 2 rings (SSSR count). The van der Waals surface area contributed by atoms with Crippen LogP contribution in [0, 0.1) is 28.4 Å². The zero-order valence-corrected chi connectivity index (χ0v) is 11.3. The van der Waals surface area contributed by atoms with Crippen molar-refractivity contribution in [1.29, 1.82) is 5.26 Å². The number of nitro benzene ring substituents is 1. The van der Waals surface area contributed by atoms with Crippen molar-refractivity contribution in [1.82, 2.24) is 0 Å². The summed E-state index contributed by atoms with van der Waals surface area (Å²) in [7, 11) is 0. The lowest BCUT2D eigenvalue weighted by atomic mass is 10.1. The molecule has 6 heteroatoms. The highest BCUT2D eigenvalue weighted by molar-refractivity contribution is 6.33. The van der Waals surface area contributed by atoms with Gasteiger partial charge < -0.3 is 5.32 Å². The minimum Gasteiger partial charge on any atom is -0.354 e. The fourth-order valence-electron chi connectivity index (χ4n) is 1.73. The molecular weight excluding hydrogens is 278 g/mol. The molecule has 0 saturated carbocycles. The van der Waals surface area contributed by atoms with Crippen molar-refractivity contribution in [3.8, 4) is 6.07 Å². The molecule has 100 valence electrons. The largest absolute Gasteiger partial charge is 0.354 e. The molecule has 0 aliphatic rings. The van der Waals surface area contributed by atoms with Crippen molar-refractivity contribution in [2.24, 2.45) is 0 Å². The van der Waals surface area contributed by atoms with Gasteiger partial charge in [0, 0.05) is 17.3 Å². The van der Waals surface area contributed by atoms with E-state index in [4.69, 9.17) is 16.9 Å². The van der Waals surface area contributed by atoms with E-state index in [1.807, 2.05) is 6.07 Å². The molecule has 0 aliphatic heterocycles. The number of hydrogen-bond donors (Lipinski definition) is 1. The van der Waals surface area contributed by atoms with E-state index in [2.05, 4.69) is 5.32 Å². The number of hydrogen-bond acceptors (Lipinski definition) is 4. The zero-order chi connectivity index (χ0) is 14.7.